The first-order valence-electron chi connectivity index (χ1n) is 9.01. The van der Waals surface area contributed by atoms with Crippen LogP contribution in [0.2, 0.25) is 0 Å². The van der Waals surface area contributed by atoms with Gasteiger partial charge in [-0.25, -0.2) is 0 Å². The van der Waals surface area contributed by atoms with Gasteiger partial charge in [0.25, 0.3) is 0 Å². The fourth-order valence-corrected chi connectivity index (χ4v) is 3.68. The molecule has 1 aliphatic rings. The van der Waals surface area contributed by atoms with Crippen LogP contribution in [0.4, 0.5) is 0 Å². The van der Waals surface area contributed by atoms with Crippen molar-refractivity contribution in [1.82, 2.24) is 14.8 Å². The highest BCUT2D eigenvalue weighted by atomic mass is 32.2. The number of hydrogen-bond donors (Lipinski definition) is 0. The minimum atomic E-state index is -0.235. The summed E-state index contributed by atoms with van der Waals surface area (Å²) in [5.41, 5.74) is 1.18. The molecule has 0 aliphatic carbocycles. The number of benzene rings is 1. The molecule has 3 rings (SSSR count). The van der Waals surface area contributed by atoms with Gasteiger partial charge in [-0.15, -0.1) is 10.2 Å². The van der Waals surface area contributed by atoms with E-state index in [0.29, 0.717) is 6.42 Å². The average molecular weight is 375 g/mol. The lowest BCUT2D eigenvalue weighted by Gasteiger charge is -2.15. The normalized spacial score (nSPS) is 17.0. The fourth-order valence-electron chi connectivity index (χ4n) is 2.93. The van der Waals surface area contributed by atoms with Gasteiger partial charge in [0.15, 0.2) is 5.16 Å². The van der Waals surface area contributed by atoms with E-state index in [1.807, 2.05) is 32.0 Å². The first kappa shape index (κ1) is 18.9. The molecule has 1 atom stereocenters. The number of esters is 1. The lowest BCUT2D eigenvalue weighted by Crippen LogP contribution is -2.19. The van der Waals surface area contributed by atoms with Crippen LogP contribution >= 0.6 is 11.8 Å². The fraction of sp³-hybridized carbons (Fsp3) is 0.526. The Labute approximate surface area is 158 Å². The molecule has 1 aromatic carbocycles. The smallest absolute Gasteiger partial charge is 0.316 e. The van der Waals surface area contributed by atoms with Crippen LogP contribution in [-0.4, -0.2) is 45.3 Å². The van der Waals surface area contributed by atoms with Gasteiger partial charge in [-0.3, -0.25) is 4.79 Å². The maximum absolute atomic E-state index is 11.9. The maximum atomic E-state index is 11.9. The van der Waals surface area contributed by atoms with Gasteiger partial charge in [-0.2, -0.15) is 0 Å². The number of thioether (sulfide) groups is 1. The third kappa shape index (κ3) is 5.32. The van der Waals surface area contributed by atoms with Gasteiger partial charge in [-0.1, -0.05) is 42.1 Å². The van der Waals surface area contributed by atoms with Gasteiger partial charge in [0.2, 0.25) is 0 Å². The van der Waals surface area contributed by atoms with Gasteiger partial charge in [0, 0.05) is 13.0 Å². The van der Waals surface area contributed by atoms with Crippen LogP contribution in [0, 0.1) is 0 Å². The second kappa shape index (κ2) is 9.19. The number of carbonyl (C=O) groups excluding carboxylic acids is 1. The zero-order valence-corrected chi connectivity index (χ0v) is 16.1. The quantitative estimate of drug-likeness (QED) is 0.522. The Morgan fingerprint density at radius 2 is 2.15 bits per heavy atom. The summed E-state index contributed by atoms with van der Waals surface area (Å²) in [7, 11) is 0. The number of aromatic nitrogens is 3. The van der Waals surface area contributed by atoms with Crippen LogP contribution in [-0.2, 0) is 27.2 Å². The molecule has 1 aromatic heterocycles. The Hall–Kier alpha value is -1.86. The van der Waals surface area contributed by atoms with Gasteiger partial charge in [0.05, 0.1) is 24.5 Å². The Morgan fingerprint density at radius 3 is 2.85 bits per heavy atom. The van der Waals surface area contributed by atoms with Crippen LogP contribution in [0.15, 0.2) is 35.5 Å². The lowest BCUT2D eigenvalue weighted by molar-refractivity contribution is -0.144. The molecule has 0 radical (unpaired) electrons. The number of carbonyl (C=O) groups is 1. The first-order valence-corrected chi connectivity index (χ1v) is 10.00. The molecule has 6 nitrogen and oxygen atoms in total. The molecule has 2 heterocycles. The van der Waals surface area contributed by atoms with Crippen molar-refractivity contribution in [2.24, 2.45) is 0 Å². The molecular weight excluding hydrogens is 350 g/mol. The van der Waals surface area contributed by atoms with Crippen LogP contribution in [0.5, 0.6) is 0 Å². The number of nitrogens with zero attached hydrogens (tertiary/aromatic N) is 3. The van der Waals surface area contributed by atoms with E-state index in [1.54, 1.807) is 0 Å². The molecule has 0 saturated carbocycles. The van der Waals surface area contributed by atoms with Crippen LogP contribution in [0.3, 0.4) is 0 Å². The van der Waals surface area contributed by atoms with Gasteiger partial charge in [-0.05, 0) is 32.3 Å². The average Bonchev–Trinajstić information content (AvgIpc) is 3.25. The minimum absolute atomic E-state index is 0.110. The van der Waals surface area contributed by atoms with Crippen molar-refractivity contribution in [2.45, 2.75) is 57.0 Å². The molecule has 1 aliphatic heterocycles. The van der Waals surface area contributed by atoms with Crippen LogP contribution in [0.1, 0.15) is 38.1 Å². The molecule has 0 unspecified atom stereocenters. The minimum Gasteiger partial charge on any atom is -0.462 e. The van der Waals surface area contributed by atoms with E-state index in [1.165, 1.54) is 17.3 Å². The molecule has 1 fully saturated rings. The summed E-state index contributed by atoms with van der Waals surface area (Å²) < 4.78 is 13.1. The molecular formula is C19H25N3O3S. The summed E-state index contributed by atoms with van der Waals surface area (Å²) in [5, 5.41) is 9.44. The molecule has 1 saturated heterocycles. The van der Waals surface area contributed by atoms with Crippen LogP contribution < -0.4 is 0 Å². The Kier molecular flexibility index (Phi) is 6.68. The standard InChI is InChI=1S/C19H25N3O3S/c1-14(2)25-18(23)13-26-19-21-20-17(11-15-7-4-3-5-8-15)22(19)12-16-9-6-10-24-16/h3-5,7-8,14,16H,6,9-13H2,1-2H3/t16-/m1/s1. The molecule has 2 aromatic rings. The van der Waals surface area contributed by atoms with Gasteiger partial charge >= 0.3 is 5.97 Å². The number of hydrogen-bond acceptors (Lipinski definition) is 6. The van der Waals surface area contributed by atoms with E-state index in [2.05, 4.69) is 26.9 Å². The highest BCUT2D eigenvalue weighted by Crippen LogP contribution is 2.23. The third-order valence-corrected chi connectivity index (χ3v) is 5.04. The zero-order chi connectivity index (χ0) is 18.4. The molecule has 0 bridgehead atoms. The molecule has 26 heavy (non-hydrogen) atoms. The SMILES string of the molecule is CC(C)OC(=O)CSc1nnc(Cc2ccccc2)n1C[C@H]1CCCO1. The zero-order valence-electron chi connectivity index (χ0n) is 15.3. The second-order valence-corrected chi connectivity index (χ2v) is 7.58. The summed E-state index contributed by atoms with van der Waals surface area (Å²) in [6.45, 7) is 5.22. The molecule has 0 spiro atoms. The maximum Gasteiger partial charge on any atom is 0.316 e. The first-order chi connectivity index (χ1) is 12.6. The van der Waals surface area contributed by atoms with Crippen molar-refractivity contribution in [3.8, 4) is 0 Å². The van der Waals surface area contributed by atoms with Crippen LogP contribution in [0.25, 0.3) is 0 Å². The predicted molar refractivity (Wildman–Crippen MR) is 100 cm³/mol. The number of rotatable bonds is 8. The van der Waals surface area contributed by atoms with Crippen molar-refractivity contribution in [3.05, 3.63) is 41.7 Å². The van der Waals surface area contributed by atoms with Crippen molar-refractivity contribution in [3.63, 3.8) is 0 Å². The highest BCUT2D eigenvalue weighted by Gasteiger charge is 2.22. The monoisotopic (exact) mass is 375 g/mol. The van der Waals surface area contributed by atoms with E-state index >= 15 is 0 Å². The van der Waals surface area contributed by atoms with E-state index in [4.69, 9.17) is 9.47 Å². The largest absolute Gasteiger partial charge is 0.462 e. The Morgan fingerprint density at radius 1 is 1.35 bits per heavy atom. The van der Waals surface area contributed by atoms with E-state index in [-0.39, 0.29) is 23.9 Å². The predicted octanol–water partition coefficient (Wildman–Crippen LogP) is 3.09. The van der Waals surface area contributed by atoms with Gasteiger partial charge < -0.3 is 14.0 Å². The number of ether oxygens (including phenoxy) is 2. The van der Waals surface area contributed by atoms with E-state index in [0.717, 1.165) is 37.0 Å². The summed E-state index contributed by atoms with van der Waals surface area (Å²) in [4.78, 5) is 11.9. The summed E-state index contributed by atoms with van der Waals surface area (Å²) in [6, 6.07) is 10.2. The van der Waals surface area contributed by atoms with E-state index < -0.39 is 0 Å². The summed E-state index contributed by atoms with van der Waals surface area (Å²) in [5.74, 6) is 0.889. The third-order valence-electron chi connectivity index (χ3n) is 4.09. The lowest BCUT2D eigenvalue weighted by atomic mass is 10.1. The van der Waals surface area contributed by atoms with Crippen molar-refractivity contribution < 1.29 is 14.3 Å². The van der Waals surface area contributed by atoms with Crippen molar-refractivity contribution in [1.29, 1.82) is 0 Å². The second-order valence-electron chi connectivity index (χ2n) is 6.63. The molecule has 0 N–H and O–H groups in total. The topological polar surface area (TPSA) is 66.2 Å². The Balaban J connectivity index is 1.73. The van der Waals surface area contributed by atoms with Crippen molar-refractivity contribution >= 4 is 17.7 Å². The summed E-state index contributed by atoms with van der Waals surface area (Å²) in [6.07, 6.45) is 2.91. The van der Waals surface area contributed by atoms with Gasteiger partial charge in [0.1, 0.15) is 5.82 Å². The van der Waals surface area contributed by atoms with E-state index in [9.17, 15) is 4.79 Å². The highest BCUT2D eigenvalue weighted by molar-refractivity contribution is 7.99. The molecule has 0 amide bonds. The molecule has 7 heteroatoms. The Bertz CT molecular complexity index is 712. The summed E-state index contributed by atoms with van der Waals surface area (Å²) >= 11 is 1.37. The van der Waals surface area contributed by atoms with Crippen molar-refractivity contribution in [2.75, 3.05) is 12.4 Å². The molecule has 140 valence electrons.